The van der Waals surface area contributed by atoms with Crippen molar-refractivity contribution in [3.05, 3.63) is 29.3 Å². The normalized spacial score (nSPS) is 23.9. The fourth-order valence-electron chi connectivity index (χ4n) is 3.27. The van der Waals surface area contributed by atoms with E-state index in [-0.39, 0.29) is 0 Å². The van der Waals surface area contributed by atoms with Gasteiger partial charge < -0.3 is 5.32 Å². The molecule has 100 valence electrons. The van der Waals surface area contributed by atoms with Crippen LogP contribution in [-0.2, 0) is 6.42 Å². The SMILES string of the molecule is CCc1cccc(C)c1NCC1CCCC(C)C1. The lowest BCUT2D eigenvalue weighted by molar-refractivity contribution is 0.293. The number of benzene rings is 1. The van der Waals surface area contributed by atoms with Crippen LogP contribution in [0.3, 0.4) is 0 Å². The first-order chi connectivity index (χ1) is 8.70. The summed E-state index contributed by atoms with van der Waals surface area (Å²) in [6, 6.07) is 6.63. The largest absolute Gasteiger partial charge is 0.384 e. The maximum atomic E-state index is 3.72. The van der Waals surface area contributed by atoms with Gasteiger partial charge in [-0.25, -0.2) is 0 Å². The molecular weight excluding hydrogens is 218 g/mol. The Labute approximate surface area is 112 Å². The molecule has 1 aliphatic rings. The zero-order valence-electron chi connectivity index (χ0n) is 12.1. The summed E-state index contributed by atoms with van der Waals surface area (Å²) >= 11 is 0. The molecule has 0 aliphatic heterocycles. The molecule has 1 N–H and O–H groups in total. The van der Waals surface area contributed by atoms with Crippen molar-refractivity contribution in [3.63, 3.8) is 0 Å². The summed E-state index contributed by atoms with van der Waals surface area (Å²) in [5.41, 5.74) is 4.23. The van der Waals surface area contributed by atoms with Gasteiger partial charge in [-0.1, -0.05) is 44.9 Å². The second-order valence-electron chi connectivity index (χ2n) is 5.98. The van der Waals surface area contributed by atoms with Crippen molar-refractivity contribution in [2.45, 2.75) is 52.9 Å². The van der Waals surface area contributed by atoms with Crippen molar-refractivity contribution >= 4 is 5.69 Å². The van der Waals surface area contributed by atoms with Crippen molar-refractivity contribution < 1.29 is 0 Å². The quantitative estimate of drug-likeness (QED) is 0.803. The molecule has 0 radical (unpaired) electrons. The lowest BCUT2D eigenvalue weighted by atomic mass is 9.82. The zero-order chi connectivity index (χ0) is 13.0. The van der Waals surface area contributed by atoms with Crippen LogP contribution in [0.25, 0.3) is 0 Å². The molecule has 0 spiro atoms. The molecule has 0 saturated heterocycles. The summed E-state index contributed by atoms with van der Waals surface area (Å²) in [5.74, 6) is 1.80. The molecule has 1 nitrogen and oxygen atoms in total. The van der Waals surface area contributed by atoms with Crippen molar-refractivity contribution in [1.82, 2.24) is 0 Å². The van der Waals surface area contributed by atoms with Crippen molar-refractivity contribution in [2.75, 3.05) is 11.9 Å². The van der Waals surface area contributed by atoms with E-state index in [4.69, 9.17) is 0 Å². The molecule has 18 heavy (non-hydrogen) atoms. The molecule has 2 rings (SSSR count). The van der Waals surface area contributed by atoms with Crippen molar-refractivity contribution in [1.29, 1.82) is 0 Å². The first-order valence-corrected chi connectivity index (χ1v) is 7.53. The fraction of sp³-hybridized carbons (Fsp3) is 0.647. The number of nitrogens with one attached hydrogen (secondary N) is 1. The Morgan fingerprint density at radius 1 is 1.28 bits per heavy atom. The standard InChI is InChI=1S/C17H27N/c1-4-16-10-6-8-14(3)17(16)18-12-15-9-5-7-13(2)11-15/h6,8,10,13,15,18H,4-5,7,9,11-12H2,1-3H3. The first-order valence-electron chi connectivity index (χ1n) is 7.53. The van der Waals surface area contributed by atoms with E-state index >= 15 is 0 Å². The highest BCUT2D eigenvalue weighted by molar-refractivity contribution is 5.57. The Morgan fingerprint density at radius 3 is 2.83 bits per heavy atom. The Balaban J connectivity index is 1.97. The zero-order valence-corrected chi connectivity index (χ0v) is 12.1. The predicted octanol–water partition coefficient (Wildman–Crippen LogP) is 4.80. The molecule has 1 aromatic rings. The van der Waals surface area contributed by atoms with E-state index in [2.05, 4.69) is 44.3 Å². The third-order valence-corrected chi connectivity index (χ3v) is 4.35. The van der Waals surface area contributed by atoms with Crippen LogP contribution in [0.5, 0.6) is 0 Å². The second-order valence-corrected chi connectivity index (χ2v) is 5.98. The van der Waals surface area contributed by atoms with Crippen LogP contribution in [0.15, 0.2) is 18.2 Å². The number of rotatable bonds is 4. The van der Waals surface area contributed by atoms with Crippen LogP contribution < -0.4 is 5.32 Å². The highest BCUT2D eigenvalue weighted by Gasteiger charge is 2.18. The fourth-order valence-corrected chi connectivity index (χ4v) is 3.27. The average molecular weight is 245 g/mol. The average Bonchev–Trinajstić information content (AvgIpc) is 2.37. The Hall–Kier alpha value is -0.980. The van der Waals surface area contributed by atoms with Crippen molar-refractivity contribution in [3.8, 4) is 0 Å². The summed E-state index contributed by atoms with van der Waals surface area (Å²) in [4.78, 5) is 0. The van der Waals surface area contributed by atoms with Gasteiger partial charge in [0.1, 0.15) is 0 Å². The van der Waals surface area contributed by atoms with Gasteiger partial charge in [-0.15, -0.1) is 0 Å². The van der Waals surface area contributed by atoms with E-state index in [9.17, 15) is 0 Å². The van der Waals surface area contributed by atoms with Crippen LogP contribution in [0, 0.1) is 18.8 Å². The minimum Gasteiger partial charge on any atom is -0.384 e. The molecule has 1 aliphatic carbocycles. The summed E-state index contributed by atoms with van der Waals surface area (Å²) < 4.78 is 0. The number of hydrogen-bond acceptors (Lipinski definition) is 1. The molecule has 1 fully saturated rings. The lowest BCUT2D eigenvalue weighted by Gasteiger charge is -2.27. The Kier molecular flexibility index (Phi) is 4.68. The highest BCUT2D eigenvalue weighted by Crippen LogP contribution is 2.29. The van der Waals surface area contributed by atoms with Gasteiger partial charge in [0.15, 0.2) is 0 Å². The smallest absolute Gasteiger partial charge is 0.0402 e. The van der Waals surface area contributed by atoms with Gasteiger partial charge in [0.2, 0.25) is 0 Å². The molecule has 0 aromatic heterocycles. The number of hydrogen-bond donors (Lipinski definition) is 1. The summed E-state index contributed by atoms with van der Waals surface area (Å²) in [6.45, 7) is 8.01. The number of aryl methyl sites for hydroxylation is 2. The van der Waals surface area contributed by atoms with E-state index < -0.39 is 0 Å². The molecule has 2 unspecified atom stereocenters. The summed E-state index contributed by atoms with van der Waals surface area (Å²) in [7, 11) is 0. The summed E-state index contributed by atoms with van der Waals surface area (Å²) in [5, 5.41) is 3.72. The molecule has 2 atom stereocenters. The number of anilines is 1. The first kappa shape index (κ1) is 13.5. The van der Waals surface area contributed by atoms with Gasteiger partial charge >= 0.3 is 0 Å². The minimum atomic E-state index is 0.873. The molecule has 1 heteroatoms. The van der Waals surface area contributed by atoms with Gasteiger partial charge in [0.25, 0.3) is 0 Å². The third kappa shape index (κ3) is 3.28. The van der Waals surface area contributed by atoms with Gasteiger partial charge in [-0.05, 0) is 49.1 Å². The highest BCUT2D eigenvalue weighted by atomic mass is 14.9. The molecule has 0 amide bonds. The van der Waals surface area contributed by atoms with Gasteiger partial charge in [0.05, 0.1) is 0 Å². The monoisotopic (exact) mass is 245 g/mol. The van der Waals surface area contributed by atoms with Gasteiger partial charge in [-0.3, -0.25) is 0 Å². The Bertz CT molecular complexity index is 383. The molecule has 1 aromatic carbocycles. The van der Waals surface area contributed by atoms with E-state index in [0.29, 0.717) is 0 Å². The van der Waals surface area contributed by atoms with Crippen LogP contribution in [0.1, 0.15) is 50.7 Å². The minimum absolute atomic E-state index is 0.873. The second kappa shape index (κ2) is 6.26. The Morgan fingerprint density at radius 2 is 2.11 bits per heavy atom. The van der Waals surface area contributed by atoms with Crippen LogP contribution in [0.2, 0.25) is 0 Å². The van der Waals surface area contributed by atoms with Crippen molar-refractivity contribution in [2.24, 2.45) is 11.8 Å². The lowest BCUT2D eigenvalue weighted by Crippen LogP contribution is -2.21. The number of para-hydroxylation sites is 1. The third-order valence-electron chi connectivity index (χ3n) is 4.35. The van der Waals surface area contributed by atoms with E-state index in [1.807, 2.05) is 0 Å². The van der Waals surface area contributed by atoms with Crippen LogP contribution in [0.4, 0.5) is 5.69 Å². The predicted molar refractivity (Wildman–Crippen MR) is 80.2 cm³/mol. The van der Waals surface area contributed by atoms with Crippen LogP contribution >= 0.6 is 0 Å². The topological polar surface area (TPSA) is 12.0 Å². The van der Waals surface area contributed by atoms with E-state index in [0.717, 1.165) is 24.8 Å². The van der Waals surface area contributed by atoms with Gasteiger partial charge in [0, 0.05) is 12.2 Å². The maximum Gasteiger partial charge on any atom is 0.0402 e. The van der Waals surface area contributed by atoms with Crippen LogP contribution in [-0.4, -0.2) is 6.54 Å². The molecule has 0 bridgehead atoms. The molecular formula is C17H27N. The van der Waals surface area contributed by atoms with E-state index in [1.54, 1.807) is 0 Å². The van der Waals surface area contributed by atoms with Gasteiger partial charge in [-0.2, -0.15) is 0 Å². The maximum absolute atomic E-state index is 3.72. The molecule has 0 heterocycles. The van der Waals surface area contributed by atoms with E-state index in [1.165, 1.54) is 42.5 Å². The molecule has 1 saturated carbocycles. The summed E-state index contributed by atoms with van der Waals surface area (Å²) in [6.07, 6.45) is 6.78.